The zero-order valence-corrected chi connectivity index (χ0v) is 78.3. The van der Waals surface area contributed by atoms with E-state index >= 15 is 13.2 Å². The number of nitrogens with two attached hydrogens (primary N) is 5. The van der Waals surface area contributed by atoms with Crippen LogP contribution in [0.4, 0.5) is 62.3 Å². The predicted molar refractivity (Wildman–Crippen MR) is 469 cm³/mol. The molecule has 29 nitrogen and oxygen atoms in total. The lowest BCUT2D eigenvalue weighted by Gasteiger charge is -2.33. The minimum absolute atomic E-state index is 0.00983. The number of rotatable bonds is 14. The highest BCUT2D eigenvalue weighted by Gasteiger charge is 2.59. The van der Waals surface area contributed by atoms with Crippen molar-refractivity contribution in [2.45, 2.75) is 142 Å². The molecule has 0 aliphatic carbocycles. The van der Waals surface area contributed by atoms with Crippen molar-refractivity contribution in [3.05, 3.63) is 271 Å². The van der Waals surface area contributed by atoms with Crippen LogP contribution in [0.25, 0.3) is 0 Å². The maximum Gasteiger partial charge on any atom is 0.402 e. The molecule has 8 amide bonds. The number of alkyl halides is 12. The number of carbonyl (C=O) groups is 12. The average molecular weight is 2080 g/mol. The second kappa shape index (κ2) is 33.9. The van der Waals surface area contributed by atoms with Crippen LogP contribution in [0.15, 0.2) is 124 Å². The van der Waals surface area contributed by atoms with Crippen molar-refractivity contribution in [1.82, 2.24) is 9.80 Å². The summed E-state index contributed by atoms with van der Waals surface area (Å²) in [7, 11) is -9.97. The molecule has 2 atom stereocenters. The molecule has 9 aromatic rings. The van der Waals surface area contributed by atoms with Gasteiger partial charge < -0.3 is 20.9 Å². The molecule has 132 heavy (non-hydrogen) atoms. The van der Waals surface area contributed by atoms with Crippen LogP contribution in [0.3, 0.4) is 0 Å². The third-order valence-electron chi connectivity index (χ3n) is 24.9. The van der Waals surface area contributed by atoms with Crippen LogP contribution < -0.4 is 36.7 Å². The highest BCUT2D eigenvalue weighted by molar-refractivity contribution is 9.09. The Morgan fingerprint density at radius 2 is 0.545 bits per heavy atom. The van der Waals surface area contributed by atoms with Crippen LogP contribution >= 0.6 is 47.8 Å². The Morgan fingerprint density at radius 1 is 0.295 bits per heavy atom. The molecule has 692 valence electrons. The van der Waals surface area contributed by atoms with Crippen molar-refractivity contribution < 1.29 is 132 Å². The van der Waals surface area contributed by atoms with Gasteiger partial charge in [-0.15, -0.1) is 0 Å². The monoisotopic (exact) mass is 2080 g/mol. The topological polar surface area (TPSA) is 469 Å². The van der Waals surface area contributed by atoms with Gasteiger partial charge >= 0.3 is 42.4 Å². The Balaban J connectivity index is 0.000000169. The number of nitrogens with zero attached hydrogens (tertiary/aromatic N) is 4. The third kappa shape index (κ3) is 15.7. The van der Waals surface area contributed by atoms with E-state index in [2.05, 4.69) is 57.3 Å². The highest BCUT2D eigenvalue weighted by Crippen LogP contribution is 2.54. The molecule has 15 rings (SSSR count). The molecule has 0 spiro atoms. The van der Waals surface area contributed by atoms with Crippen LogP contribution in [0.1, 0.15) is 240 Å². The molecule has 6 aliphatic rings. The standard InChI is InChI=1S/C30H23Br3F3N3O6S.C30H26F3N3O6S.C19H9F3O6.C9H15N3O2S/c1-13-20(10-31)23(22(12-33)24(21(13)11-32)46(37,44)45)39-27(42)17-7-5-15(9-19(17)28(39)43)29(2,30(34,35)36)14-4-6-16-18(8-14)26(41)38(3)25(16)40;1-13-14(2)23(16(4)24(15(13)3)43(34,41)42)36-27(39)20-10-8-18(12-22(20)28(36)40)29(5,30(31,32)33)17-7-9-19-21(11-17)26(38)35(6)25(19)37;1-18(19(20,21)22,8-2-4-10-12(6-8)16(25)27-14(10)23)9-3-5-11-13(7-9)17(26)28-15(11)24;1-4-7(10)5(2)9(15(12,13)14)6(3)8(4)11/h4-9H,10-12H2,1-3H3,(H2,37,44,45);7-12H,1-6H3,(H2,34,41,42);2-7H,1H3;10-11H2,1-3H3,(H2,12,13,14). The van der Waals surface area contributed by atoms with Gasteiger partial charge in [-0.3, -0.25) is 48.2 Å². The van der Waals surface area contributed by atoms with Gasteiger partial charge in [0.1, 0.15) is 16.2 Å². The van der Waals surface area contributed by atoms with Crippen molar-refractivity contribution in [1.29, 1.82) is 0 Å². The fourth-order valence-corrected chi connectivity index (χ4v) is 22.5. The van der Waals surface area contributed by atoms with Crippen LogP contribution in [0, 0.1) is 55.4 Å². The Labute approximate surface area is 771 Å². The van der Waals surface area contributed by atoms with E-state index in [1.54, 1.807) is 48.5 Å². The number of hydrogen-bond acceptors (Lipinski definition) is 22. The van der Waals surface area contributed by atoms with E-state index in [1.807, 2.05) is 0 Å². The van der Waals surface area contributed by atoms with Gasteiger partial charge in [-0.1, -0.05) is 84.2 Å². The number of anilines is 4. The Morgan fingerprint density at radius 3 is 0.841 bits per heavy atom. The molecule has 2 unspecified atom stereocenters. The number of esters is 4. The van der Waals surface area contributed by atoms with Gasteiger partial charge in [0.25, 0.3) is 47.3 Å². The normalized spacial score (nSPS) is 15.8. The first-order valence-electron chi connectivity index (χ1n) is 38.5. The summed E-state index contributed by atoms with van der Waals surface area (Å²) in [6, 6.07) is 19.2. The summed E-state index contributed by atoms with van der Waals surface area (Å²) in [5.74, 6) is -10.3. The minimum atomic E-state index is -4.96. The number of carbonyl (C=O) groups excluding carboxylic acids is 12. The number of nitrogen functional groups attached to an aromatic ring is 2. The number of amides is 8. The molecule has 44 heteroatoms. The second-order valence-corrected chi connectivity index (χ2v) is 38.2. The van der Waals surface area contributed by atoms with E-state index in [4.69, 9.17) is 26.9 Å². The van der Waals surface area contributed by atoms with Gasteiger partial charge in [0.05, 0.1) is 92.8 Å². The number of ether oxygens (including phenoxy) is 2. The number of halogens is 12. The summed E-state index contributed by atoms with van der Waals surface area (Å²) in [6.07, 6.45) is -14.7. The van der Waals surface area contributed by atoms with Crippen molar-refractivity contribution in [2.75, 3.05) is 35.4 Å². The quantitative estimate of drug-likeness (QED) is 0.0169. The van der Waals surface area contributed by atoms with Gasteiger partial charge in [0, 0.05) is 47.0 Å². The Hall–Kier alpha value is -12.0. The molecule has 0 saturated heterocycles. The third-order valence-corrected chi connectivity index (χ3v) is 30.1. The number of imide groups is 4. The summed E-state index contributed by atoms with van der Waals surface area (Å²) in [6.45, 7) is 15.4. The molecule has 10 N–H and O–H groups in total. The predicted octanol–water partition coefficient (Wildman–Crippen LogP) is 14.3. The first-order chi connectivity index (χ1) is 60.8. The molecule has 6 heterocycles. The largest absolute Gasteiger partial charge is 0.402 e. The number of benzene rings is 9. The first-order valence-corrected chi connectivity index (χ1v) is 46.5. The van der Waals surface area contributed by atoms with Crippen molar-refractivity contribution in [3.8, 4) is 0 Å². The molecule has 0 radical (unpaired) electrons. The zero-order valence-electron chi connectivity index (χ0n) is 71.1. The van der Waals surface area contributed by atoms with Crippen molar-refractivity contribution >= 4 is 172 Å². The molecule has 9 aromatic carbocycles. The summed E-state index contributed by atoms with van der Waals surface area (Å²) in [5.41, 5.74) is 3.82. The lowest BCUT2D eigenvalue weighted by Crippen LogP contribution is -2.41. The molecule has 6 aliphatic heterocycles. The molecule has 0 aromatic heterocycles. The average Bonchev–Trinajstić information content (AvgIpc) is 1.56. The van der Waals surface area contributed by atoms with E-state index in [9.17, 15) is 109 Å². The highest BCUT2D eigenvalue weighted by atomic mass is 79.9. The summed E-state index contributed by atoms with van der Waals surface area (Å²) >= 11 is 9.93. The minimum Gasteiger partial charge on any atom is -0.398 e. The molecule has 0 saturated carbocycles. The number of primary sulfonamides is 3. The van der Waals surface area contributed by atoms with Crippen molar-refractivity contribution in [2.24, 2.45) is 15.4 Å². The van der Waals surface area contributed by atoms with Gasteiger partial charge in [0.15, 0.2) is 0 Å². The molecule has 0 bridgehead atoms. The molecule has 0 fully saturated rings. The summed E-state index contributed by atoms with van der Waals surface area (Å²) in [4.78, 5) is 154. The molecular formula is C88H73Br3F9N9O20S3. The Kier molecular flexibility index (Phi) is 25.4. The maximum atomic E-state index is 15.0. The van der Waals surface area contributed by atoms with Crippen LogP contribution in [-0.2, 0) is 71.8 Å². The zero-order chi connectivity index (χ0) is 98.8. The summed E-state index contributed by atoms with van der Waals surface area (Å²) in [5, 5.41) is 16.2. The lowest BCUT2D eigenvalue weighted by molar-refractivity contribution is -0.173. The first kappa shape index (κ1) is 99.0. The smallest absolute Gasteiger partial charge is 0.398 e. The van der Waals surface area contributed by atoms with Crippen molar-refractivity contribution in [3.63, 3.8) is 0 Å². The number of hydrogen-bond donors (Lipinski definition) is 5. The Bertz CT molecular complexity index is 7080. The number of fused-ring (bicyclic) bond motifs is 6. The fourth-order valence-electron chi connectivity index (χ4n) is 16.9. The van der Waals surface area contributed by atoms with Crippen LogP contribution in [0.5, 0.6) is 0 Å². The van der Waals surface area contributed by atoms with Crippen LogP contribution in [-0.4, -0.2) is 139 Å². The lowest BCUT2D eigenvalue weighted by atomic mass is 9.74. The van der Waals surface area contributed by atoms with Gasteiger partial charge in [-0.2, -0.15) is 39.5 Å². The van der Waals surface area contributed by atoms with E-state index < -0.39 is 142 Å². The summed E-state index contributed by atoms with van der Waals surface area (Å²) < 4.78 is 214. The van der Waals surface area contributed by atoms with E-state index in [-0.39, 0.29) is 148 Å². The van der Waals surface area contributed by atoms with E-state index in [0.29, 0.717) is 61.4 Å². The van der Waals surface area contributed by atoms with Gasteiger partial charge in [-0.05, 0) is 238 Å². The fraction of sp³-hybridized carbons (Fsp3) is 0.250. The SMILES string of the molecule is CC(c1ccc2c(c1)C(=O)OC2=O)(c1ccc2c(c1)C(=O)OC2=O)C(F)(F)F.Cc1c(C)c(N2C(=O)c3ccc(C(C)(c4ccc5c(c4)C(=O)N(C)C5=O)C(F)(F)F)cc3C2=O)c(C)c(S(N)(=O)=O)c1C.Cc1c(CBr)c(N2C(=O)c3ccc(C(C)(c4ccc5c(c4)C(=O)N(C)C5=O)C(F)(F)F)cc3C2=O)c(CBr)c(S(N)(=O)=O)c1CBr.Cc1c(N)c(C)c(S(N)(=O)=O)c(C)c1N. The van der Waals surface area contributed by atoms with E-state index in [0.717, 1.165) is 150 Å². The number of cyclic esters (lactones) is 4. The second-order valence-electron chi connectivity index (χ2n) is 32.0. The van der Waals surface area contributed by atoms with Gasteiger partial charge in [0.2, 0.25) is 30.1 Å². The van der Waals surface area contributed by atoms with Crippen LogP contribution in [0.2, 0.25) is 0 Å². The maximum absolute atomic E-state index is 15.0. The van der Waals surface area contributed by atoms with Gasteiger partial charge in [-0.25, -0.2) is 69.6 Å². The number of sulfonamides is 3. The van der Waals surface area contributed by atoms with E-state index in [1.165, 1.54) is 21.0 Å². The molecular weight excluding hydrogens is 2010 g/mol.